The van der Waals surface area contributed by atoms with E-state index in [0.717, 1.165) is 6.42 Å². The number of ether oxygens (including phenoxy) is 2. The number of amides is 1. The standard InChI is InChI=1S/C17H23N3O4/c1-10(2)7-12(18)17-20-13(9-24-17)16(21)19-11-5-6-14(22-3)15(8-11)23-4/h5-6,8-10,12H,7,18H2,1-4H3,(H,19,21). The van der Waals surface area contributed by atoms with E-state index in [4.69, 9.17) is 19.6 Å². The number of methoxy groups -OCH3 is 2. The number of carbonyl (C=O) groups is 1. The van der Waals surface area contributed by atoms with Gasteiger partial charge in [0.25, 0.3) is 5.91 Å². The summed E-state index contributed by atoms with van der Waals surface area (Å²) in [6.45, 7) is 4.13. The summed E-state index contributed by atoms with van der Waals surface area (Å²) in [5, 5.41) is 2.74. The molecule has 7 heteroatoms. The van der Waals surface area contributed by atoms with E-state index in [1.807, 2.05) is 0 Å². The number of hydrogen-bond donors (Lipinski definition) is 2. The van der Waals surface area contributed by atoms with Crippen LogP contribution in [-0.2, 0) is 0 Å². The molecule has 0 saturated carbocycles. The number of carbonyl (C=O) groups excluding carboxylic acids is 1. The first-order valence-electron chi connectivity index (χ1n) is 7.69. The van der Waals surface area contributed by atoms with Crippen LogP contribution in [0.1, 0.15) is 42.7 Å². The van der Waals surface area contributed by atoms with Gasteiger partial charge in [0.05, 0.1) is 20.3 Å². The van der Waals surface area contributed by atoms with Crippen molar-refractivity contribution in [3.8, 4) is 11.5 Å². The fraction of sp³-hybridized carbons (Fsp3) is 0.412. The van der Waals surface area contributed by atoms with Crippen molar-refractivity contribution in [1.29, 1.82) is 0 Å². The fourth-order valence-corrected chi connectivity index (χ4v) is 2.28. The van der Waals surface area contributed by atoms with E-state index >= 15 is 0 Å². The highest BCUT2D eigenvalue weighted by molar-refractivity contribution is 6.02. The highest BCUT2D eigenvalue weighted by Crippen LogP contribution is 2.30. The second-order valence-corrected chi connectivity index (χ2v) is 5.83. The Balaban J connectivity index is 2.09. The number of anilines is 1. The molecule has 0 aliphatic carbocycles. The largest absolute Gasteiger partial charge is 0.493 e. The van der Waals surface area contributed by atoms with Crippen molar-refractivity contribution in [1.82, 2.24) is 4.98 Å². The Bertz CT molecular complexity index is 697. The molecule has 2 rings (SSSR count). The highest BCUT2D eigenvalue weighted by Gasteiger charge is 2.18. The van der Waals surface area contributed by atoms with Gasteiger partial charge < -0.3 is 24.9 Å². The highest BCUT2D eigenvalue weighted by atomic mass is 16.5. The summed E-state index contributed by atoms with van der Waals surface area (Å²) in [5.41, 5.74) is 6.76. The molecule has 0 aliphatic rings. The lowest BCUT2D eigenvalue weighted by Gasteiger charge is -2.10. The van der Waals surface area contributed by atoms with Crippen LogP contribution in [0.15, 0.2) is 28.9 Å². The summed E-state index contributed by atoms with van der Waals surface area (Å²) in [4.78, 5) is 16.5. The first kappa shape index (κ1) is 17.8. The molecule has 0 saturated heterocycles. The maximum atomic E-state index is 12.3. The third kappa shape index (κ3) is 4.26. The SMILES string of the molecule is COc1ccc(NC(=O)c2coc(C(N)CC(C)C)n2)cc1OC. The lowest BCUT2D eigenvalue weighted by molar-refractivity contribution is 0.102. The smallest absolute Gasteiger partial charge is 0.277 e. The van der Waals surface area contributed by atoms with Gasteiger partial charge in [-0.05, 0) is 24.5 Å². The predicted molar refractivity (Wildman–Crippen MR) is 90.4 cm³/mol. The Hall–Kier alpha value is -2.54. The van der Waals surface area contributed by atoms with Crippen LogP contribution in [0.2, 0.25) is 0 Å². The van der Waals surface area contributed by atoms with Gasteiger partial charge in [-0.25, -0.2) is 4.98 Å². The van der Waals surface area contributed by atoms with E-state index in [-0.39, 0.29) is 17.6 Å². The molecule has 0 aliphatic heterocycles. The molecule has 1 heterocycles. The number of nitrogens with one attached hydrogen (secondary N) is 1. The van der Waals surface area contributed by atoms with Crippen molar-refractivity contribution in [3.63, 3.8) is 0 Å². The van der Waals surface area contributed by atoms with Gasteiger partial charge in [-0.3, -0.25) is 4.79 Å². The zero-order chi connectivity index (χ0) is 17.7. The predicted octanol–water partition coefficient (Wildman–Crippen LogP) is 2.99. The molecule has 0 radical (unpaired) electrons. The van der Waals surface area contributed by atoms with Gasteiger partial charge in [-0.1, -0.05) is 13.8 Å². The van der Waals surface area contributed by atoms with Crippen molar-refractivity contribution in [2.45, 2.75) is 26.3 Å². The Morgan fingerprint density at radius 3 is 2.62 bits per heavy atom. The summed E-state index contributed by atoms with van der Waals surface area (Å²) >= 11 is 0. The lowest BCUT2D eigenvalue weighted by Crippen LogP contribution is -2.15. The van der Waals surface area contributed by atoms with Crippen molar-refractivity contribution in [2.24, 2.45) is 11.7 Å². The molecule has 3 N–H and O–H groups in total. The Morgan fingerprint density at radius 2 is 2.00 bits per heavy atom. The molecule has 0 fully saturated rings. The first-order valence-corrected chi connectivity index (χ1v) is 7.69. The number of hydrogen-bond acceptors (Lipinski definition) is 6. The fourth-order valence-electron chi connectivity index (χ4n) is 2.28. The van der Waals surface area contributed by atoms with Crippen molar-refractivity contribution < 1.29 is 18.7 Å². The number of rotatable bonds is 7. The van der Waals surface area contributed by atoms with Crippen molar-refractivity contribution in [2.75, 3.05) is 19.5 Å². The Kier molecular flexibility index (Phi) is 5.81. The van der Waals surface area contributed by atoms with Gasteiger partial charge in [-0.15, -0.1) is 0 Å². The van der Waals surface area contributed by atoms with Crippen LogP contribution in [0.5, 0.6) is 11.5 Å². The summed E-state index contributed by atoms with van der Waals surface area (Å²) in [6, 6.07) is 4.77. The average Bonchev–Trinajstić information content (AvgIpc) is 3.04. The summed E-state index contributed by atoms with van der Waals surface area (Å²) < 4.78 is 15.7. The van der Waals surface area contributed by atoms with Gasteiger partial charge in [-0.2, -0.15) is 0 Å². The van der Waals surface area contributed by atoms with Gasteiger partial charge in [0.2, 0.25) is 5.89 Å². The molecule has 1 aromatic heterocycles. The minimum Gasteiger partial charge on any atom is -0.493 e. The molecule has 130 valence electrons. The van der Waals surface area contributed by atoms with E-state index in [1.54, 1.807) is 25.3 Å². The van der Waals surface area contributed by atoms with E-state index in [1.165, 1.54) is 13.4 Å². The van der Waals surface area contributed by atoms with E-state index in [9.17, 15) is 4.79 Å². The van der Waals surface area contributed by atoms with Gasteiger partial charge in [0, 0.05) is 11.8 Å². The normalized spacial score (nSPS) is 12.1. The van der Waals surface area contributed by atoms with Crippen LogP contribution in [-0.4, -0.2) is 25.1 Å². The summed E-state index contributed by atoms with van der Waals surface area (Å²) in [6.07, 6.45) is 2.04. The molecule has 1 atom stereocenters. The van der Waals surface area contributed by atoms with Crippen LogP contribution in [0.25, 0.3) is 0 Å². The Labute approximate surface area is 141 Å². The number of nitrogens with zero attached hydrogens (tertiary/aromatic N) is 1. The zero-order valence-electron chi connectivity index (χ0n) is 14.3. The molecule has 2 aromatic rings. The monoisotopic (exact) mass is 333 g/mol. The van der Waals surface area contributed by atoms with Crippen LogP contribution >= 0.6 is 0 Å². The van der Waals surface area contributed by atoms with E-state index in [2.05, 4.69) is 24.1 Å². The third-order valence-electron chi connectivity index (χ3n) is 3.44. The van der Waals surface area contributed by atoms with Crippen molar-refractivity contribution in [3.05, 3.63) is 36.0 Å². The molecule has 0 bridgehead atoms. The molecular weight excluding hydrogens is 310 g/mol. The second kappa shape index (κ2) is 7.83. The zero-order valence-corrected chi connectivity index (χ0v) is 14.3. The van der Waals surface area contributed by atoms with Crippen LogP contribution in [0, 0.1) is 5.92 Å². The number of oxazole rings is 1. The van der Waals surface area contributed by atoms with E-state index < -0.39 is 0 Å². The minimum atomic E-state index is -0.381. The Morgan fingerprint density at radius 1 is 1.29 bits per heavy atom. The quantitative estimate of drug-likeness (QED) is 0.808. The van der Waals surface area contributed by atoms with Crippen LogP contribution in [0.4, 0.5) is 5.69 Å². The molecule has 24 heavy (non-hydrogen) atoms. The molecule has 1 unspecified atom stereocenters. The number of benzene rings is 1. The van der Waals surface area contributed by atoms with Crippen LogP contribution in [0.3, 0.4) is 0 Å². The third-order valence-corrected chi connectivity index (χ3v) is 3.44. The topological polar surface area (TPSA) is 99.6 Å². The molecule has 1 amide bonds. The molecule has 7 nitrogen and oxygen atoms in total. The lowest BCUT2D eigenvalue weighted by atomic mass is 10.0. The second-order valence-electron chi connectivity index (χ2n) is 5.83. The van der Waals surface area contributed by atoms with Crippen LogP contribution < -0.4 is 20.5 Å². The summed E-state index contributed by atoms with van der Waals surface area (Å²) in [5.74, 6) is 1.50. The molecule has 1 aromatic carbocycles. The van der Waals surface area contributed by atoms with Crippen molar-refractivity contribution >= 4 is 11.6 Å². The number of nitrogens with two attached hydrogens (primary N) is 1. The molecule has 0 spiro atoms. The van der Waals surface area contributed by atoms with Gasteiger partial charge in [0.1, 0.15) is 6.26 Å². The average molecular weight is 333 g/mol. The maximum Gasteiger partial charge on any atom is 0.277 e. The van der Waals surface area contributed by atoms with Gasteiger partial charge >= 0.3 is 0 Å². The summed E-state index contributed by atoms with van der Waals surface area (Å²) in [7, 11) is 3.08. The maximum absolute atomic E-state index is 12.3. The number of aromatic nitrogens is 1. The molecular formula is C17H23N3O4. The van der Waals surface area contributed by atoms with E-state index in [0.29, 0.717) is 29.0 Å². The minimum absolute atomic E-state index is 0.180. The van der Waals surface area contributed by atoms with Gasteiger partial charge in [0.15, 0.2) is 17.2 Å². The first-order chi connectivity index (χ1) is 11.4.